The van der Waals surface area contributed by atoms with Crippen LogP contribution in [0.1, 0.15) is 40.9 Å². The van der Waals surface area contributed by atoms with Gasteiger partial charge in [0.1, 0.15) is 11.6 Å². The Morgan fingerprint density at radius 1 is 1.06 bits per heavy atom. The molecule has 1 atom stereocenters. The molecule has 0 aliphatic rings. The molecule has 0 saturated heterocycles. The van der Waals surface area contributed by atoms with Crippen LogP contribution >= 0.6 is 0 Å². The molecule has 1 aromatic heterocycles. The fourth-order valence-corrected chi connectivity index (χ4v) is 3.82. The first kappa shape index (κ1) is 24.1. The standard InChI is InChI=1S/C29H27FN2O3/c1-19(2)35-28-13-10-21(9-8-20-6-4-3-5-7-20)14-26(28)29(34)32-24(18-33)15-22-17-31-27-12-11-23(30)16-25(22)27/h3-7,10-14,16-17,19,24,31,33H,15,18H2,1-2H3,(H,32,34). The highest BCUT2D eigenvalue weighted by molar-refractivity contribution is 5.97. The third-order valence-electron chi connectivity index (χ3n) is 5.46. The van der Waals surface area contributed by atoms with Crippen LogP contribution in [0.3, 0.4) is 0 Å². The lowest BCUT2D eigenvalue weighted by atomic mass is 10.0. The molecule has 0 saturated carbocycles. The Balaban J connectivity index is 1.58. The Kier molecular flexibility index (Phi) is 7.49. The minimum Gasteiger partial charge on any atom is -0.490 e. The predicted molar refractivity (Wildman–Crippen MR) is 135 cm³/mol. The molecule has 0 spiro atoms. The molecule has 3 aromatic carbocycles. The second kappa shape index (κ2) is 10.9. The first-order valence-corrected chi connectivity index (χ1v) is 11.5. The van der Waals surface area contributed by atoms with Gasteiger partial charge in [0.2, 0.25) is 0 Å². The van der Waals surface area contributed by atoms with Gasteiger partial charge in [-0.25, -0.2) is 4.39 Å². The van der Waals surface area contributed by atoms with Gasteiger partial charge in [-0.1, -0.05) is 30.0 Å². The van der Waals surface area contributed by atoms with Gasteiger partial charge in [-0.15, -0.1) is 0 Å². The van der Waals surface area contributed by atoms with Crippen LogP contribution in [-0.4, -0.2) is 34.8 Å². The minimum absolute atomic E-state index is 0.127. The van der Waals surface area contributed by atoms with E-state index in [1.165, 1.54) is 12.1 Å². The average Bonchev–Trinajstić information content (AvgIpc) is 3.24. The fourth-order valence-electron chi connectivity index (χ4n) is 3.82. The van der Waals surface area contributed by atoms with Crippen molar-refractivity contribution in [2.24, 2.45) is 0 Å². The van der Waals surface area contributed by atoms with Crippen molar-refractivity contribution in [3.05, 3.63) is 101 Å². The molecule has 1 amide bonds. The highest BCUT2D eigenvalue weighted by Gasteiger charge is 2.20. The molecular formula is C29H27FN2O3. The van der Waals surface area contributed by atoms with E-state index in [0.717, 1.165) is 22.0 Å². The number of benzene rings is 3. The van der Waals surface area contributed by atoms with E-state index in [0.29, 0.717) is 23.3 Å². The molecule has 4 rings (SSSR count). The Bertz CT molecular complexity index is 1380. The number of halogens is 1. The molecule has 3 N–H and O–H groups in total. The summed E-state index contributed by atoms with van der Waals surface area (Å²) < 4.78 is 19.6. The van der Waals surface area contributed by atoms with E-state index in [1.807, 2.05) is 50.2 Å². The molecule has 0 fully saturated rings. The van der Waals surface area contributed by atoms with Gasteiger partial charge >= 0.3 is 0 Å². The number of carbonyl (C=O) groups excluding carboxylic acids is 1. The number of nitrogens with one attached hydrogen (secondary N) is 2. The molecule has 178 valence electrons. The summed E-state index contributed by atoms with van der Waals surface area (Å²) in [6.07, 6.45) is 1.98. The zero-order valence-electron chi connectivity index (χ0n) is 19.6. The maximum atomic E-state index is 13.7. The summed E-state index contributed by atoms with van der Waals surface area (Å²) in [6.45, 7) is 3.50. The number of amides is 1. The molecule has 1 heterocycles. The van der Waals surface area contributed by atoms with E-state index in [1.54, 1.807) is 24.4 Å². The molecule has 0 aliphatic carbocycles. The number of rotatable bonds is 7. The first-order chi connectivity index (χ1) is 16.9. The monoisotopic (exact) mass is 470 g/mol. The molecule has 0 bridgehead atoms. The topological polar surface area (TPSA) is 74.3 Å². The van der Waals surface area contributed by atoms with Crippen LogP contribution in [0.2, 0.25) is 0 Å². The van der Waals surface area contributed by atoms with Gasteiger partial charge in [0.05, 0.1) is 24.3 Å². The number of aliphatic hydroxyl groups is 1. The lowest BCUT2D eigenvalue weighted by Gasteiger charge is -2.19. The Hall–Kier alpha value is -4.08. The summed E-state index contributed by atoms with van der Waals surface area (Å²) in [5.74, 6) is 5.90. The Morgan fingerprint density at radius 3 is 2.57 bits per heavy atom. The number of hydrogen-bond acceptors (Lipinski definition) is 3. The first-order valence-electron chi connectivity index (χ1n) is 11.5. The summed E-state index contributed by atoms with van der Waals surface area (Å²) in [5, 5.41) is 13.6. The van der Waals surface area contributed by atoms with Crippen molar-refractivity contribution in [3.8, 4) is 17.6 Å². The van der Waals surface area contributed by atoms with E-state index in [9.17, 15) is 14.3 Å². The smallest absolute Gasteiger partial charge is 0.255 e. The fraction of sp³-hybridized carbons (Fsp3) is 0.207. The maximum Gasteiger partial charge on any atom is 0.255 e. The summed E-state index contributed by atoms with van der Waals surface area (Å²) >= 11 is 0. The molecule has 35 heavy (non-hydrogen) atoms. The third kappa shape index (κ3) is 6.08. The second-order valence-corrected chi connectivity index (χ2v) is 8.55. The molecule has 4 aromatic rings. The summed E-state index contributed by atoms with van der Waals surface area (Å²) in [4.78, 5) is 16.4. The van der Waals surface area contributed by atoms with Crippen LogP contribution in [0, 0.1) is 17.7 Å². The Morgan fingerprint density at radius 2 is 1.83 bits per heavy atom. The highest BCUT2D eigenvalue weighted by Crippen LogP contribution is 2.23. The lowest BCUT2D eigenvalue weighted by Crippen LogP contribution is -2.39. The molecule has 5 nitrogen and oxygen atoms in total. The van der Waals surface area contributed by atoms with Crippen molar-refractivity contribution in [1.29, 1.82) is 0 Å². The van der Waals surface area contributed by atoms with Crippen LogP contribution in [0.4, 0.5) is 4.39 Å². The molecule has 0 radical (unpaired) electrons. The van der Waals surface area contributed by atoms with Gasteiger partial charge in [-0.05, 0) is 74.4 Å². The van der Waals surface area contributed by atoms with Crippen molar-refractivity contribution in [2.75, 3.05) is 6.61 Å². The lowest BCUT2D eigenvalue weighted by molar-refractivity contribution is 0.0910. The number of aliphatic hydroxyl groups excluding tert-OH is 1. The number of H-pyrrole nitrogens is 1. The van der Waals surface area contributed by atoms with Gasteiger partial charge < -0.3 is 20.1 Å². The van der Waals surface area contributed by atoms with E-state index in [4.69, 9.17) is 4.74 Å². The normalized spacial score (nSPS) is 11.7. The average molecular weight is 471 g/mol. The van der Waals surface area contributed by atoms with E-state index < -0.39 is 6.04 Å². The van der Waals surface area contributed by atoms with E-state index in [2.05, 4.69) is 22.1 Å². The van der Waals surface area contributed by atoms with Crippen LogP contribution in [-0.2, 0) is 6.42 Å². The minimum atomic E-state index is -0.573. The molecule has 6 heteroatoms. The van der Waals surface area contributed by atoms with Gasteiger partial charge in [-0.3, -0.25) is 4.79 Å². The summed E-state index contributed by atoms with van der Waals surface area (Å²) in [5.41, 5.74) is 3.47. The second-order valence-electron chi connectivity index (χ2n) is 8.55. The SMILES string of the molecule is CC(C)Oc1ccc(C#Cc2ccccc2)cc1C(=O)NC(CO)Cc1c[nH]c2ccc(F)cc12. The van der Waals surface area contributed by atoms with Crippen molar-refractivity contribution in [3.63, 3.8) is 0 Å². The third-order valence-corrected chi connectivity index (χ3v) is 5.46. The Labute approximate surface area is 204 Å². The van der Waals surface area contributed by atoms with Gasteiger partial charge in [0.25, 0.3) is 5.91 Å². The van der Waals surface area contributed by atoms with Gasteiger partial charge in [-0.2, -0.15) is 0 Å². The van der Waals surface area contributed by atoms with Crippen molar-refractivity contribution in [1.82, 2.24) is 10.3 Å². The van der Waals surface area contributed by atoms with Crippen LogP contribution in [0.25, 0.3) is 10.9 Å². The number of carbonyl (C=O) groups is 1. The maximum absolute atomic E-state index is 13.7. The number of aromatic nitrogens is 1. The zero-order valence-corrected chi connectivity index (χ0v) is 19.6. The van der Waals surface area contributed by atoms with Crippen LogP contribution < -0.4 is 10.1 Å². The van der Waals surface area contributed by atoms with E-state index in [-0.39, 0.29) is 24.4 Å². The van der Waals surface area contributed by atoms with Crippen molar-refractivity contribution >= 4 is 16.8 Å². The molecule has 1 unspecified atom stereocenters. The number of aromatic amines is 1. The predicted octanol–water partition coefficient (Wildman–Crippen LogP) is 4.83. The van der Waals surface area contributed by atoms with E-state index >= 15 is 0 Å². The molecular weight excluding hydrogens is 443 g/mol. The summed E-state index contributed by atoms with van der Waals surface area (Å²) in [7, 11) is 0. The number of fused-ring (bicyclic) bond motifs is 1. The van der Waals surface area contributed by atoms with Gasteiger partial charge in [0.15, 0.2) is 0 Å². The molecule has 0 aliphatic heterocycles. The van der Waals surface area contributed by atoms with Gasteiger partial charge in [0, 0.05) is 28.2 Å². The number of hydrogen-bond donors (Lipinski definition) is 3. The van der Waals surface area contributed by atoms with Crippen molar-refractivity contribution < 1.29 is 19.0 Å². The summed E-state index contributed by atoms with van der Waals surface area (Å²) in [6, 6.07) is 18.8. The quantitative estimate of drug-likeness (QED) is 0.339. The number of ether oxygens (including phenoxy) is 1. The van der Waals surface area contributed by atoms with Crippen LogP contribution in [0.15, 0.2) is 72.9 Å². The van der Waals surface area contributed by atoms with Crippen LogP contribution in [0.5, 0.6) is 5.75 Å². The highest BCUT2D eigenvalue weighted by atomic mass is 19.1. The largest absolute Gasteiger partial charge is 0.490 e. The van der Waals surface area contributed by atoms with Crippen molar-refractivity contribution in [2.45, 2.75) is 32.4 Å². The zero-order chi connectivity index (χ0) is 24.8.